The number of nitrogens with zero attached hydrogens (tertiary/aromatic N) is 2. The maximum absolute atomic E-state index is 5.60. The van der Waals surface area contributed by atoms with Crippen LogP contribution >= 0.6 is 27.7 Å². The van der Waals surface area contributed by atoms with Gasteiger partial charge in [0.2, 0.25) is 0 Å². The van der Waals surface area contributed by atoms with E-state index in [2.05, 4.69) is 32.0 Å². The third-order valence-electron chi connectivity index (χ3n) is 2.02. The molecule has 0 radical (unpaired) electrons. The second-order valence-corrected chi connectivity index (χ2v) is 5.06. The highest BCUT2D eigenvalue weighted by atomic mass is 79.9. The Labute approximate surface area is 107 Å². The van der Waals surface area contributed by atoms with Crippen LogP contribution in [0.4, 0.5) is 0 Å². The van der Waals surface area contributed by atoms with Crippen LogP contribution in [-0.2, 0) is 6.54 Å². The quantitative estimate of drug-likeness (QED) is 0.885. The maximum atomic E-state index is 5.60. The van der Waals surface area contributed by atoms with E-state index in [9.17, 15) is 0 Å². The van der Waals surface area contributed by atoms with E-state index < -0.39 is 0 Å². The molecule has 5 heteroatoms. The molecule has 1 aromatic heterocycles. The molecular formula is C11H10BrN3S. The van der Waals surface area contributed by atoms with Gasteiger partial charge in [0.25, 0.3) is 0 Å². The van der Waals surface area contributed by atoms with Gasteiger partial charge in [-0.2, -0.15) is 0 Å². The van der Waals surface area contributed by atoms with Gasteiger partial charge in [0.05, 0.1) is 0 Å². The minimum absolute atomic E-state index is 0.541. The average Bonchev–Trinajstić information content (AvgIpc) is 2.31. The van der Waals surface area contributed by atoms with Crippen molar-refractivity contribution in [3.05, 3.63) is 46.8 Å². The summed E-state index contributed by atoms with van der Waals surface area (Å²) < 4.78 is 1.04. The molecule has 0 atom stereocenters. The predicted molar refractivity (Wildman–Crippen MR) is 68.2 cm³/mol. The van der Waals surface area contributed by atoms with E-state index >= 15 is 0 Å². The predicted octanol–water partition coefficient (Wildman–Crippen LogP) is 2.85. The number of halogens is 1. The van der Waals surface area contributed by atoms with E-state index in [1.54, 1.807) is 24.3 Å². The molecule has 0 unspecified atom stereocenters. The van der Waals surface area contributed by atoms with Crippen molar-refractivity contribution in [3.63, 3.8) is 0 Å². The van der Waals surface area contributed by atoms with Crippen molar-refractivity contribution >= 4 is 27.7 Å². The fraction of sp³-hybridized carbons (Fsp3) is 0.0909. The summed E-state index contributed by atoms with van der Waals surface area (Å²) in [6, 6.07) is 8.00. The lowest BCUT2D eigenvalue weighted by molar-refractivity contribution is 1.04. The lowest BCUT2D eigenvalue weighted by atomic mass is 10.2. The van der Waals surface area contributed by atoms with Crippen molar-refractivity contribution in [2.24, 2.45) is 5.73 Å². The number of rotatable bonds is 3. The normalized spacial score (nSPS) is 10.4. The monoisotopic (exact) mass is 295 g/mol. The molecule has 3 nitrogen and oxygen atoms in total. The van der Waals surface area contributed by atoms with Gasteiger partial charge >= 0.3 is 0 Å². The van der Waals surface area contributed by atoms with Crippen LogP contribution in [0.5, 0.6) is 0 Å². The summed E-state index contributed by atoms with van der Waals surface area (Å²) >= 11 is 5.09. The first kappa shape index (κ1) is 11.6. The van der Waals surface area contributed by atoms with Gasteiger partial charge in [0.15, 0.2) is 0 Å². The topological polar surface area (TPSA) is 51.8 Å². The summed E-state index contributed by atoms with van der Waals surface area (Å²) in [6.45, 7) is 0.541. The van der Waals surface area contributed by atoms with E-state index in [0.29, 0.717) is 6.54 Å². The Balaban J connectivity index is 2.20. The Morgan fingerprint density at radius 2 is 2.19 bits per heavy atom. The van der Waals surface area contributed by atoms with Crippen LogP contribution in [-0.4, -0.2) is 9.97 Å². The van der Waals surface area contributed by atoms with Crippen molar-refractivity contribution in [3.8, 4) is 0 Å². The Morgan fingerprint density at radius 3 is 2.81 bits per heavy atom. The molecule has 0 saturated carbocycles. The largest absolute Gasteiger partial charge is 0.326 e. The van der Waals surface area contributed by atoms with Crippen LogP contribution in [0.1, 0.15) is 5.56 Å². The van der Waals surface area contributed by atoms with Crippen molar-refractivity contribution in [2.45, 2.75) is 16.5 Å². The van der Waals surface area contributed by atoms with Gasteiger partial charge in [-0.25, -0.2) is 9.97 Å². The number of benzene rings is 1. The summed E-state index contributed by atoms with van der Waals surface area (Å²) in [7, 11) is 0. The molecule has 0 saturated heterocycles. The molecule has 2 rings (SSSR count). The zero-order chi connectivity index (χ0) is 11.4. The van der Waals surface area contributed by atoms with Crippen molar-refractivity contribution in [1.82, 2.24) is 9.97 Å². The molecule has 16 heavy (non-hydrogen) atoms. The molecule has 1 aromatic carbocycles. The summed E-state index contributed by atoms with van der Waals surface area (Å²) in [5.41, 5.74) is 6.70. The molecule has 0 aliphatic carbocycles. The SMILES string of the molecule is NCc1ccc(Sc2ccncn2)cc1Br. The van der Waals surface area contributed by atoms with Crippen molar-refractivity contribution in [2.75, 3.05) is 0 Å². The van der Waals surface area contributed by atoms with E-state index in [0.717, 1.165) is 20.0 Å². The molecular weight excluding hydrogens is 286 g/mol. The Bertz CT molecular complexity index is 476. The minimum Gasteiger partial charge on any atom is -0.326 e. The van der Waals surface area contributed by atoms with Gasteiger partial charge in [-0.1, -0.05) is 33.8 Å². The highest BCUT2D eigenvalue weighted by Gasteiger charge is 2.02. The number of hydrogen-bond donors (Lipinski definition) is 1. The van der Waals surface area contributed by atoms with Gasteiger partial charge in [-0.3, -0.25) is 0 Å². The van der Waals surface area contributed by atoms with Gasteiger partial charge in [-0.05, 0) is 23.8 Å². The second-order valence-electron chi connectivity index (χ2n) is 3.11. The van der Waals surface area contributed by atoms with Crippen LogP contribution in [0.2, 0.25) is 0 Å². The van der Waals surface area contributed by atoms with Crippen molar-refractivity contribution in [1.29, 1.82) is 0 Å². The smallest absolute Gasteiger partial charge is 0.116 e. The zero-order valence-electron chi connectivity index (χ0n) is 8.43. The standard InChI is InChI=1S/C11H10BrN3S/c12-10-5-9(2-1-8(10)6-13)16-11-3-4-14-7-15-11/h1-5,7H,6,13H2. The Morgan fingerprint density at radius 1 is 1.31 bits per heavy atom. The minimum atomic E-state index is 0.541. The third kappa shape index (κ3) is 2.81. The molecule has 0 spiro atoms. The molecule has 1 heterocycles. The summed E-state index contributed by atoms with van der Waals surface area (Å²) in [6.07, 6.45) is 3.28. The lowest BCUT2D eigenvalue weighted by Gasteiger charge is -2.04. The fourth-order valence-electron chi connectivity index (χ4n) is 1.22. The number of aromatic nitrogens is 2. The summed E-state index contributed by atoms with van der Waals surface area (Å²) in [5, 5.41) is 0.933. The third-order valence-corrected chi connectivity index (χ3v) is 3.70. The molecule has 82 valence electrons. The van der Waals surface area contributed by atoms with Crippen LogP contribution in [0.15, 0.2) is 51.2 Å². The average molecular weight is 296 g/mol. The zero-order valence-corrected chi connectivity index (χ0v) is 10.8. The highest BCUT2D eigenvalue weighted by molar-refractivity contribution is 9.10. The Hall–Kier alpha value is -0.910. The van der Waals surface area contributed by atoms with Crippen LogP contribution in [0, 0.1) is 0 Å². The van der Waals surface area contributed by atoms with Crippen LogP contribution in [0.25, 0.3) is 0 Å². The first-order valence-corrected chi connectivity index (χ1v) is 6.33. The van der Waals surface area contributed by atoms with E-state index in [1.165, 1.54) is 0 Å². The molecule has 0 fully saturated rings. The van der Waals surface area contributed by atoms with E-state index in [4.69, 9.17) is 5.73 Å². The first-order chi connectivity index (χ1) is 7.79. The molecule has 0 aliphatic heterocycles. The fourth-order valence-corrected chi connectivity index (χ4v) is 2.69. The first-order valence-electron chi connectivity index (χ1n) is 4.72. The van der Waals surface area contributed by atoms with Crippen LogP contribution in [0.3, 0.4) is 0 Å². The van der Waals surface area contributed by atoms with Gasteiger partial charge in [0.1, 0.15) is 11.4 Å². The molecule has 0 amide bonds. The van der Waals surface area contributed by atoms with E-state index in [1.807, 2.05) is 18.2 Å². The van der Waals surface area contributed by atoms with Crippen LogP contribution < -0.4 is 5.73 Å². The number of hydrogen-bond acceptors (Lipinski definition) is 4. The molecule has 0 aliphatic rings. The molecule has 2 N–H and O–H groups in total. The highest BCUT2D eigenvalue weighted by Crippen LogP contribution is 2.29. The van der Waals surface area contributed by atoms with E-state index in [-0.39, 0.29) is 0 Å². The van der Waals surface area contributed by atoms with Gasteiger partial charge in [-0.15, -0.1) is 0 Å². The second kappa shape index (κ2) is 5.43. The molecule has 2 aromatic rings. The molecule has 0 bridgehead atoms. The maximum Gasteiger partial charge on any atom is 0.116 e. The Kier molecular flexibility index (Phi) is 3.93. The number of nitrogens with two attached hydrogens (primary N) is 1. The van der Waals surface area contributed by atoms with Gasteiger partial charge in [0, 0.05) is 22.1 Å². The van der Waals surface area contributed by atoms with Gasteiger partial charge < -0.3 is 5.73 Å². The lowest BCUT2D eigenvalue weighted by Crippen LogP contribution is -1.96. The summed E-state index contributed by atoms with van der Waals surface area (Å²) in [4.78, 5) is 9.17. The van der Waals surface area contributed by atoms with Crippen molar-refractivity contribution < 1.29 is 0 Å². The summed E-state index contributed by atoms with van der Waals surface area (Å²) in [5.74, 6) is 0.